The second kappa shape index (κ2) is 5.66. The second-order valence-corrected chi connectivity index (χ2v) is 4.25. The van der Waals surface area contributed by atoms with Crippen molar-refractivity contribution in [3.8, 4) is 0 Å². The molecule has 2 heterocycles. The molecule has 3 N–H and O–H groups in total. The number of carbonyl (C=O) groups excluding carboxylic acids is 1. The Morgan fingerprint density at radius 1 is 1.63 bits per heavy atom. The van der Waals surface area contributed by atoms with Crippen molar-refractivity contribution < 1.29 is 14.4 Å². The minimum absolute atomic E-state index is 0.203. The van der Waals surface area contributed by atoms with Crippen molar-refractivity contribution in [2.75, 3.05) is 40.5 Å². The zero-order chi connectivity index (χ0) is 13.9. The first-order valence-corrected chi connectivity index (χ1v) is 6.05. The van der Waals surface area contributed by atoms with Gasteiger partial charge in [-0.2, -0.15) is 0 Å². The smallest absolute Gasteiger partial charge is 0.272 e. The Balaban J connectivity index is 2.34. The number of aliphatic imine (C=N–C) groups is 1. The van der Waals surface area contributed by atoms with Crippen LogP contribution < -0.4 is 11.1 Å². The molecular formula is C11H19N5O3. The van der Waals surface area contributed by atoms with Crippen LogP contribution in [0.15, 0.2) is 17.3 Å². The first-order valence-electron chi connectivity index (χ1n) is 6.05. The first-order chi connectivity index (χ1) is 9.10. The van der Waals surface area contributed by atoms with E-state index >= 15 is 0 Å². The van der Waals surface area contributed by atoms with Crippen molar-refractivity contribution in [2.24, 2.45) is 10.7 Å². The lowest BCUT2D eigenvalue weighted by atomic mass is 10.2. The number of hydrogen-bond acceptors (Lipinski definition) is 7. The van der Waals surface area contributed by atoms with E-state index < -0.39 is 11.8 Å². The number of ether oxygens (including phenoxy) is 1. The van der Waals surface area contributed by atoms with Crippen LogP contribution >= 0.6 is 0 Å². The lowest BCUT2D eigenvalue weighted by Crippen LogP contribution is -2.68. The molecule has 2 aliphatic rings. The molecule has 0 aromatic carbocycles. The third kappa shape index (κ3) is 2.61. The third-order valence-corrected chi connectivity index (χ3v) is 3.21. The van der Waals surface area contributed by atoms with E-state index in [1.807, 2.05) is 4.90 Å². The summed E-state index contributed by atoms with van der Waals surface area (Å²) in [5.41, 5.74) is 5.51. The van der Waals surface area contributed by atoms with Crippen molar-refractivity contribution in [3.05, 3.63) is 12.3 Å². The molecule has 8 nitrogen and oxygen atoms in total. The van der Waals surface area contributed by atoms with Crippen molar-refractivity contribution in [3.63, 3.8) is 0 Å². The number of morpholine rings is 1. The van der Waals surface area contributed by atoms with Crippen molar-refractivity contribution >= 4 is 11.6 Å². The van der Waals surface area contributed by atoms with Crippen LogP contribution in [0.2, 0.25) is 0 Å². The number of hydroxylamine groups is 2. The molecule has 8 heteroatoms. The van der Waals surface area contributed by atoms with E-state index in [4.69, 9.17) is 15.3 Å². The highest BCUT2D eigenvalue weighted by Gasteiger charge is 2.43. The summed E-state index contributed by atoms with van der Waals surface area (Å²) in [7, 11) is 3.28. The summed E-state index contributed by atoms with van der Waals surface area (Å²) < 4.78 is 5.34. The molecule has 2 aliphatic heterocycles. The van der Waals surface area contributed by atoms with E-state index in [1.54, 1.807) is 31.5 Å². The largest absolute Gasteiger partial charge is 0.379 e. The lowest BCUT2D eigenvalue weighted by Gasteiger charge is -2.47. The lowest BCUT2D eigenvalue weighted by molar-refractivity contribution is -0.250. The van der Waals surface area contributed by atoms with Crippen molar-refractivity contribution in [2.45, 2.75) is 5.91 Å². The van der Waals surface area contributed by atoms with Gasteiger partial charge in [-0.05, 0) is 6.08 Å². The number of amides is 1. The average Bonchev–Trinajstić information content (AvgIpc) is 2.47. The van der Waals surface area contributed by atoms with Gasteiger partial charge in [0.2, 0.25) is 0 Å². The summed E-state index contributed by atoms with van der Waals surface area (Å²) in [6.07, 6.45) is 3.20. The quantitative estimate of drug-likeness (QED) is 0.601. The molecule has 1 unspecified atom stereocenters. The molecule has 0 aromatic heterocycles. The van der Waals surface area contributed by atoms with Crippen LogP contribution in [0.5, 0.6) is 0 Å². The highest BCUT2D eigenvalue weighted by atomic mass is 16.7. The Labute approximate surface area is 111 Å². The third-order valence-electron chi connectivity index (χ3n) is 3.21. The molecule has 1 fully saturated rings. The Kier molecular flexibility index (Phi) is 4.15. The number of nitrogens with zero attached hydrogens (tertiary/aromatic N) is 3. The Bertz CT molecular complexity index is 405. The molecule has 19 heavy (non-hydrogen) atoms. The van der Waals surface area contributed by atoms with Gasteiger partial charge in [0.25, 0.3) is 11.8 Å². The SMILES string of the molecule is CON(C)C1(N2CCOCC2)N=C(C(N)=O)C=CN1. The standard InChI is InChI=1S/C11H19N5O3/c1-15(18-2)11(16-5-7-19-8-6-16)13-4-3-9(14-11)10(12)17/h3-4,13H,5-8H2,1-2H3,(H2,12,17). The van der Waals surface area contributed by atoms with E-state index in [2.05, 4.69) is 10.3 Å². The molecule has 2 rings (SSSR count). The molecule has 1 saturated heterocycles. The van der Waals surface area contributed by atoms with Gasteiger partial charge < -0.3 is 15.8 Å². The summed E-state index contributed by atoms with van der Waals surface area (Å²) in [5, 5.41) is 4.68. The minimum atomic E-state index is -0.975. The van der Waals surface area contributed by atoms with Gasteiger partial charge in [-0.1, -0.05) is 0 Å². The molecule has 1 amide bonds. The molecule has 0 bridgehead atoms. The van der Waals surface area contributed by atoms with Gasteiger partial charge in [0.05, 0.1) is 20.3 Å². The highest BCUT2D eigenvalue weighted by molar-refractivity contribution is 6.43. The molecule has 0 spiro atoms. The van der Waals surface area contributed by atoms with Gasteiger partial charge >= 0.3 is 0 Å². The molecule has 0 aliphatic carbocycles. The zero-order valence-corrected chi connectivity index (χ0v) is 11.1. The fourth-order valence-electron chi connectivity index (χ4n) is 2.13. The van der Waals surface area contributed by atoms with E-state index in [0.717, 1.165) is 0 Å². The maximum absolute atomic E-state index is 11.3. The zero-order valence-electron chi connectivity index (χ0n) is 11.1. The van der Waals surface area contributed by atoms with Gasteiger partial charge in [0.1, 0.15) is 5.71 Å². The Morgan fingerprint density at radius 3 is 2.89 bits per heavy atom. The summed E-state index contributed by atoms with van der Waals surface area (Å²) in [6.45, 7) is 2.55. The van der Waals surface area contributed by atoms with Crippen LogP contribution in [0.1, 0.15) is 0 Å². The minimum Gasteiger partial charge on any atom is -0.379 e. The van der Waals surface area contributed by atoms with Crippen LogP contribution in [0.3, 0.4) is 0 Å². The highest BCUT2D eigenvalue weighted by Crippen LogP contribution is 2.22. The van der Waals surface area contributed by atoms with Crippen molar-refractivity contribution in [1.82, 2.24) is 15.3 Å². The summed E-state index contributed by atoms with van der Waals surface area (Å²) >= 11 is 0. The maximum atomic E-state index is 11.3. The molecule has 0 radical (unpaired) electrons. The van der Waals surface area contributed by atoms with E-state index in [0.29, 0.717) is 26.3 Å². The number of rotatable bonds is 4. The van der Waals surface area contributed by atoms with Gasteiger partial charge in [-0.3, -0.25) is 9.63 Å². The predicted molar refractivity (Wildman–Crippen MR) is 68.8 cm³/mol. The summed E-state index contributed by atoms with van der Waals surface area (Å²) in [4.78, 5) is 23.1. The molecular weight excluding hydrogens is 250 g/mol. The van der Waals surface area contributed by atoms with E-state index in [9.17, 15) is 4.79 Å². The molecule has 0 saturated carbocycles. The number of nitrogens with one attached hydrogen (secondary N) is 1. The van der Waals surface area contributed by atoms with Crippen LogP contribution in [-0.2, 0) is 14.4 Å². The number of hydrogen-bond donors (Lipinski definition) is 2. The predicted octanol–water partition coefficient (Wildman–Crippen LogP) is -1.53. The van der Waals surface area contributed by atoms with Crippen LogP contribution in [0, 0.1) is 0 Å². The first kappa shape index (κ1) is 13.9. The van der Waals surface area contributed by atoms with Crippen LogP contribution in [0.25, 0.3) is 0 Å². The monoisotopic (exact) mass is 269 g/mol. The van der Waals surface area contributed by atoms with E-state index in [-0.39, 0.29) is 5.71 Å². The summed E-state index contributed by atoms with van der Waals surface area (Å²) in [6, 6.07) is 0. The average molecular weight is 269 g/mol. The van der Waals surface area contributed by atoms with Crippen LogP contribution in [-0.4, -0.2) is 68.0 Å². The topological polar surface area (TPSA) is 92.4 Å². The molecule has 106 valence electrons. The normalized spacial score (nSPS) is 28.1. The molecule has 0 aromatic rings. The fourth-order valence-corrected chi connectivity index (χ4v) is 2.13. The maximum Gasteiger partial charge on any atom is 0.272 e. The number of carbonyl (C=O) groups is 1. The fraction of sp³-hybridized carbons (Fsp3) is 0.636. The van der Waals surface area contributed by atoms with Gasteiger partial charge in [-0.15, -0.1) is 5.06 Å². The Hall–Kier alpha value is -1.48. The van der Waals surface area contributed by atoms with Gasteiger partial charge in [0.15, 0.2) is 0 Å². The van der Waals surface area contributed by atoms with E-state index in [1.165, 1.54) is 0 Å². The van der Waals surface area contributed by atoms with Gasteiger partial charge in [0, 0.05) is 26.3 Å². The van der Waals surface area contributed by atoms with Gasteiger partial charge in [-0.25, -0.2) is 9.89 Å². The van der Waals surface area contributed by atoms with Crippen molar-refractivity contribution in [1.29, 1.82) is 0 Å². The number of primary amides is 1. The second-order valence-electron chi connectivity index (χ2n) is 4.25. The Morgan fingerprint density at radius 2 is 2.32 bits per heavy atom. The summed E-state index contributed by atoms with van der Waals surface area (Å²) in [5.74, 6) is -1.54. The number of nitrogens with two attached hydrogens (primary N) is 1. The van der Waals surface area contributed by atoms with Crippen LogP contribution in [0.4, 0.5) is 0 Å². The molecule has 1 atom stereocenters.